The van der Waals surface area contributed by atoms with Crippen LogP contribution in [0, 0.1) is 0 Å². The number of hydrogen-bond acceptors (Lipinski definition) is 3. The first-order valence-corrected chi connectivity index (χ1v) is 11.2. The Labute approximate surface area is 186 Å². The lowest BCUT2D eigenvalue weighted by Crippen LogP contribution is -2.31. The molecule has 0 heterocycles. The van der Waals surface area contributed by atoms with E-state index in [1.165, 1.54) is 22.3 Å². The zero-order chi connectivity index (χ0) is 21.9. The van der Waals surface area contributed by atoms with E-state index in [1.807, 2.05) is 18.2 Å². The standard InChI is InChI=1S/C28H33NO2/c1-3-19-29-20-25(30)21-31-26-17-15-24(16-18-26)28(23-13-9-6-10-14-23)27(4-2)22-11-7-5-8-12-22/h5-18,25,29-30H,3-4,19-21H2,1-2H3/b28-27-. The van der Waals surface area contributed by atoms with Gasteiger partial charge in [-0.1, -0.05) is 86.6 Å². The fourth-order valence-corrected chi connectivity index (χ4v) is 3.70. The van der Waals surface area contributed by atoms with Crippen molar-refractivity contribution >= 4 is 11.1 Å². The third-order valence-electron chi connectivity index (χ3n) is 5.23. The van der Waals surface area contributed by atoms with Gasteiger partial charge in [-0.2, -0.15) is 0 Å². The molecule has 0 saturated heterocycles. The minimum Gasteiger partial charge on any atom is -0.491 e. The van der Waals surface area contributed by atoms with Crippen molar-refractivity contribution in [2.75, 3.05) is 19.7 Å². The molecular weight excluding hydrogens is 382 g/mol. The molecule has 0 amide bonds. The molecule has 1 atom stereocenters. The van der Waals surface area contributed by atoms with E-state index < -0.39 is 6.10 Å². The van der Waals surface area contributed by atoms with Crippen LogP contribution in [-0.2, 0) is 0 Å². The number of hydrogen-bond donors (Lipinski definition) is 2. The lowest BCUT2D eigenvalue weighted by atomic mass is 9.88. The normalized spacial score (nSPS) is 12.9. The summed E-state index contributed by atoms with van der Waals surface area (Å²) in [5.41, 5.74) is 6.16. The highest BCUT2D eigenvalue weighted by atomic mass is 16.5. The topological polar surface area (TPSA) is 41.5 Å². The van der Waals surface area contributed by atoms with Crippen LogP contribution >= 0.6 is 0 Å². The second kappa shape index (κ2) is 12.1. The molecule has 3 nitrogen and oxygen atoms in total. The highest BCUT2D eigenvalue weighted by Crippen LogP contribution is 2.34. The van der Waals surface area contributed by atoms with E-state index in [0.29, 0.717) is 6.54 Å². The Morgan fingerprint density at radius 3 is 1.97 bits per heavy atom. The van der Waals surface area contributed by atoms with Crippen LogP contribution < -0.4 is 10.1 Å². The van der Waals surface area contributed by atoms with Gasteiger partial charge >= 0.3 is 0 Å². The van der Waals surface area contributed by atoms with Crippen molar-refractivity contribution in [3.8, 4) is 5.75 Å². The molecule has 0 aromatic heterocycles. The maximum atomic E-state index is 10.1. The van der Waals surface area contributed by atoms with Gasteiger partial charge in [-0.05, 0) is 59.4 Å². The summed E-state index contributed by atoms with van der Waals surface area (Å²) >= 11 is 0. The summed E-state index contributed by atoms with van der Waals surface area (Å²) in [6.45, 7) is 6.04. The van der Waals surface area contributed by atoms with Crippen molar-refractivity contribution in [3.63, 3.8) is 0 Å². The Hall–Kier alpha value is -2.88. The van der Waals surface area contributed by atoms with Crippen LogP contribution in [0.1, 0.15) is 43.4 Å². The first-order valence-electron chi connectivity index (χ1n) is 11.2. The summed E-state index contributed by atoms with van der Waals surface area (Å²) in [5.74, 6) is 0.767. The Kier molecular flexibility index (Phi) is 8.89. The molecule has 3 aromatic rings. The van der Waals surface area contributed by atoms with E-state index in [1.54, 1.807) is 0 Å². The van der Waals surface area contributed by atoms with Gasteiger partial charge in [0.1, 0.15) is 18.5 Å². The molecule has 0 aliphatic carbocycles. The molecule has 0 aliphatic heterocycles. The average Bonchev–Trinajstić information content (AvgIpc) is 2.83. The van der Waals surface area contributed by atoms with E-state index in [4.69, 9.17) is 4.74 Å². The molecule has 2 N–H and O–H groups in total. The average molecular weight is 416 g/mol. The first kappa shape index (κ1) is 22.8. The van der Waals surface area contributed by atoms with Crippen LogP contribution in [0.3, 0.4) is 0 Å². The van der Waals surface area contributed by atoms with Crippen LogP contribution in [0.2, 0.25) is 0 Å². The molecule has 1 unspecified atom stereocenters. The predicted molar refractivity (Wildman–Crippen MR) is 130 cm³/mol. The lowest BCUT2D eigenvalue weighted by molar-refractivity contribution is 0.106. The van der Waals surface area contributed by atoms with E-state index in [2.05, 4.69) is 85.9 Å². The Morgan fingerprint density at radius 2 is 1.39 bits per heavy atom. The van der Waals surface area contributed by atoms with Crippen molar-refractivity contribution in [1.29, 1.82) is 0 Å². The van der Waals surface area contributed by atoms with Crippen molar-refractivity contribution in [3.05, 3.63) is 102 Å². The Balaban J connectivity index is 1.85. The minimum atomic E-state index is -0.518. The van der Waals surface area contributed by atoms with E-state index >= 15 is 0 Å². The monoisotopic (exact) mass is 415 g/mol. The van der Waals surface area contributed by atoms with E-state index in [9.17, 15) is 5.11 Å². The number of rotatable bonds is 11. The molecule has 0 radical (unpaired) electrons. The summed E-state index contributed by atoms with van der Waals surface area (Å²) in [5, 5.41) is 13.3. The first-order chi connectivity index (χ1) is 15.2. The number of aliphatic hydroxyl groups excluding tert-OH is 1. The fourth-order valence-electron chi connectivity index (χ4n) is 3.70. The summed E-state index contributed by atoms with van der Waals surface area (Å²) in [6.07, 6.45) is 1.47. The zero-order valence-corrected chi connectivity index (χ0v) is 18.6. The van der Waals surface area contributed by atoms with E-state index in [-0.39, 0.29) is 6.61 Å². The maximum absolute atomic E-state index is 10.1. The smallest absolute Gasteiger partial charge is 0.119 e. The zero-order valence-electron chi connectivity index (χ0n) is 18.6. The largest absolute Gasteiger partial charge is 0.491 e. The van der Waals surface area contributed by atoms with Gasteiger partial charge in [0.15, 0.2) is 0 Å². The van der Waals surface area contributed by atoms with Crippen LogP contribution in [0.5, 0.6) is 5.75 Å². The number of allylic oxidation sites excluding steroid dienone is 1. The molecular formula is C28H33NO2. The Bertz CT molecular complexity index is 934. The second-order valence-electron chi connectivity index (χ2n) is 7.63. The molecule has 0 saturated carbocycles. The molecule has 31 heavy (non-hydrogen) atoms. The number of aliphatic hydroxyl groups is 1. The molecule has 3 heteroatoms. The molecule has 162 valence electrons. The molecule has 0 aliphatic rings. The van der Waals surface area contributed by atoms with Crippen LogP contribution in [0.15, 0.2) is 84.9 Å². The van der Waals surface area contributed by atoms with Gasteiger partial charge in [-0.25, -0.2) is 0 Å². The predicted octanol–water partition coefficient (Wildman–Crippen LogP) is 5.80. The van der Waals surface area contributed by atoms with Gasteiger partial charge in [-0.15, -0.1) is 0 Å². The molecule has 0 spiro atoms. The van der Waals surface area contributed by atoms with Gasteiger partial charge in [0.25, 0.3) is 0 Å². The quantitative estimate of drug-likeness (QED) is 0.307. The van der Waals surface area contributed by atoms with Gasteiger partial charge in [-0.3, -0.25) is 0 Å². The van der Waals surface area contributed by atoms with Crippen molar-refractivity contribution in [2.24, 2.45) is 0 Å². The minimum absolute atomic E-state index is 0.279. The molecule has 3 aromatic carbocycles. The number of nitrogens with one attached hydrogen (secondary N) is 1. The maximum Gasteiger partial charge on any atom is 0.119 e. The Morgan fingerprint density at radius 1 is 0.806 bits per heavy atom. The summed E-state index contributed by atoms with van der Waals surface area (Å²) in [6, 6.07) is 29.3. The van der Waals surface area contributed by atoms with E-state index in [0.717, 1.165) is 30.7 Å². The van der Waals surface area contributed by atoms with Crippen molar-refractivity contribution < 1.29 is 9.84 Å². The number of benzene rings is 3. The second-order valence-corrected chi connectivity index (χ2v) is 7.63. The highest BCUT2D eigenvalue weighted by molar-refractivity contribution is 5.98. The third kappa shape index (κ3) is 6.55. The van der Waals surface area contributed by atoms with Crippen molar-refractivity contribution in [2.45, 2.75) is 32.8 Å². The molecule has 0 fully saturated rings. The van der Waals surface area contributed by atoms with Crippen LogP contribution in [-0.4, -0.2) is 30.9 Å². The molecule has 0 bridgehead atoms. The van der Waals surface area contributed by atoms with Gasteiger partial charge < -0.3 is 15.2 Å². The lowest BCUT2D eigenvalue weighted by Gasteiger charge is -2.17. The summed E-state index contributed by atoms with van der Waals surface area (Å²) in [4.78, 5) is 0. The van der Waals surface area contributed by atoms with Gasteiger partial charge in [0, 0.05) is 6.54 Å². The van der Waals surface area contributed by atoms with Crippen LogP contribution in [0.4, 0.5) is 0 Å². The van der Waals surface area contributed by atoms with Crippen molar-refractivity contribution in [1.82, 2.24) is 5.32 Å². The number of ether oxygens (including phenoxy) is 1. The summed E-state index contributed by atoms with van der Waals surface area (Å²) < 4.78 is 5.80. The fraction of sp³-hybridized carbons (Fsp3) is 0.286. The van der Waals surface area contributed by atoms with Crippen LogP contribution in [0.25, 0.3) is 11.1 Å². The SMILES string of the molecule is CCCNCC(O)COc1ccc(/C(=C(/CC)c2ccccc2)c2ccccc2)cc1. The molecule has 3 rings (SSSR count). The summed E-state index contributed by atoms with van der Waals surface area (Å²) in [7, 11) is 0. The van der Waals surface area contributed by atoms with Gasteiger partial charge in [0.05, 0.1) is 0 Å². The van der Waals surface area contributed by atoms with Gasteiger partial charge in [0.2, 0.25) is 0 Å². The third-order valence-corrected chi connectivity index (χ3v) is 5.23. The highest BCUT2D eigenvalue weighted by Gasteiger charge is 2.13.